The van der Waals surface area contributed by atoms with Crippen LogP contribution in [0.3, 0.4) is 0 Å². The number of rotatable bonds is 6. The van der Waals surface area contributed by atoms with E-state index < -0.39 is 0 Å². The lowest BCUT2D eigenvalue weighted by Crippen LogP contribution is -2.15. The Morgan fingerprint density at radius 2 is 2.12 bits per heavy atom. The zero-order valence-electron chi connectivity index (χ0n) is 9.38. The van der Waals surface area contributed by atoms with Crippen molar-refractivity contribution >= 4 is 0 Å². The molecule has 3 atom stereocenters. The predicted octanol–water partition coefficient (Wildman–Crippen LogP) is 2.32. The first-order valence-electron chi connectivity index (χ1n) is 5.79. The first-order chi connectivity index (χ1) is 7.81. The molecule has 0 aliphatic carbocycles. The minimum Gasteiger partial charge on any atom is -0.390 e. The molecule has 0 spiro atoms. The third-order valence-electron chi connectivity index (χ3n) is 2.97. The average Bonchev–Trinajstić information content (AvgIpc) is 3.08. The van der Waals surface area contributed by atoms with Gasteiger partial charge >= 0.3 is 0 Å². The van der Waals surface area contributed by atoms with E-state index >= 15 is 0 Å². The highest BCUT2D eigenvalue weighted by Crippen LogP contribution is 2.30. The van der Waals surface area contributed by atoms with Crippen LogP contribution in [0, 0.1) is 0 Å². The van der Waals surface area contributed by atoms with E-state index in [4.69, 9.17) is 4.74 Å². The van der Waals surface area contributed by atoms with E-state index in [1.54, 1.807) is 6.08 Å². The molecule has 1 aliphatic rings. The first kappa shape index (κ1) is 11.4. The molecule has 2 nitrogen and oxygen atoms in total. The van der Waals surface area contributed by atoms with Gasteiger partial charge in [0.25, 0.3) is 0 Å². The van der Waals surface area contributed by atoms with Crippen molar-refractivity contribution in [3.8, 4) is 0 Å². The number of hydrogen-bond acceptors (Lipinski definition) is 2. The van der Waals surface area contributed by atoms with Crippen molar-refractivity contribution < 1.29 is 9.84 Å². The third kappa shape index (κ3) is 2.94. The summed E-state index contributed by atoms with van der Waals surface area (Å²) in [4.78, 5) is 0. The van der Waals surface area contributed by atoms with Crippen LogP contribution >= 0.6 is 0 Å². The van der Waals surface area contributed by atoms with Crippen LogP contribution in [0.1, 0.15) is 18.4 Å². The van der Waals surface area contributed by atoms with Gasteiger partial charge in [0, 0.05) is 0 Å². The molecule has 1 aromatic rings. The van der Waals surface area contributed by atoms with E-state index in [-0.39, 0.29) is 18.3 Å². The Hall–Kier alpha value is -1.12. The molecule has 1 saturated heterocycles. The number of aliphatic hydroxyl groups is 1. The minimum absolute atomic E-state index is 0.0294. The fraction of sp³-hybridized carbons (Fsp3) is 0.429. The van der Waals surface area contributed by atoms with Crippen LogP contribution in [-0.4, -0.2) is 23.4 Å². The molecule has 0 saturated carbocycles. The molecular formula is C14H18O2. The minimum atomic E-state index is -0.377. The standard InChI is InChI=1S/C14H18O2/c1-2-6-12(15)14-13(16-14)10-9-11-7-4-3-5-8-11/h2-5,7-8,12-15H,1,6,9-10H2/t12-,13-,14-/m0/s1. The van der Waals surface area contributed by atoms with Crippen molar-refractivity contribution in [3.63, 3.8) is 0 Å². The van der Waals surface area contributed by atoms with Crippen LogP contribution in [0.2, 0.25) is 0 Å². The summed E-state index contributed by atoms with van der Waals surface area (Å²) in [5.74, 6) is 0. The number of aliphatic hydroxyl groups excluding tert-OH is 1. The second-order valence-electron chi connectivity index (χ2n) is 4.26. The second kappa shape index (κ2) is 5.28. The molecule has 0 bridgehead atoms. The topological polar surface area (TPSA) is 32.8 Å². The zero-order valence-corrected chi connectivity index (χ0v) is 9.38. The molecule has 16 heavy (non-hydrogen) atoms. The zero-order chi connectivity index (χ0) is 11.4. The van der Waals surface area contributed by atoms with Crippen molar-refractivity contribution in [3.05, 3.63) is 48.6 Å². The molecule has 86 valence electrons. The molecule has 1 N–H and O–H groups in total. The number of ether oxygens (including phenoxy) is 1. The second-order valence-corrected chi connectivity index (χ2v) is 4.26. The SMILES string of the molecule is C=CC[C@H](O)[C@@H]1O[C@H]1CCc1ccccc1. The molecule has 2 heteroatoms. The van der Waals surface area contributed by atoms with Crippen LogP contribution in [0.4, 0.5) is 0 Å². The lowest BCUT2D eigenvalue weighted by Gasteiger charge is -2.02. The van der Waals surface area contributed by atoms with E-state index in [2.05, 4.69) is 18.7 Å². The highest BCUT2D eigenvalue weighted by molar-refractivity contribution is 5.15. The van der Waals surface area contributed by atoms with E-state index in [0.29, 0.717) is 6.42 Å². The molecule has 1 heterocycles. The average molecular weight is 218 g/mol. The number of hydrogen-bond donors (Lipinski definition) is 1. The Morgan fingerprint density at radius 3 is 2.81 bits per heavy atom. The molecule has 1 fully saturated rings. The summed E-state index contributed by atoms with van der Waals surface area (Å²) in [6.45, 7) is 3.61. The smallest absolute Gasteiger partial charge is 0.110 e. The van der Waals surface area contributed by atoms with Gasteiger partial charge in [-0.2, -0.15) is 0 Å². The van der Waals surface area contributed by atoms with Gasteiger partial charge < -0.3 is 9.84 Å². The normalized spacial score (nSPS) is 25.1. The fourth-order valence-corrected chi connectivity index (χ4v) is 1.99. The van der Waals surface area contributed by atoms with Crippen molar-refractivity contribution in [2.24, 2.45) is 0 Å². The lowest BCUT2D eigenvalue weighted by atomic mass is 10.0. The first-order valence-corrected chi connectivity index (χ1v) is 5.79. The number of benzene rings is 1. The Morgan fingerprint density at radius 1 is 1.38 bits per heavy atom. The maximum absolute atomic E-state index is 9.66. The summed E-state index contributed by atoms with van der Waals surface area (Å²) in [5.41, 5.74) is 1.33. The van der Waals surface area contributed by atoms with Gasteiger partial charge in [0.05, 0.1) is 12.2 Å². The lowest BCUT2D eigenvalue weighted by molar-refractivity contribution is 0.138. The molecule has 0 unspecified atom stereocenters. The summed E-state index contributed by atoms with van der Waals surface area (Å²) in [6, 6.07) is 10.4. The van der Waals surface area contributed by atoms with Crippen LogP contribution in [0.15, 0.2) is 43.0 Å². The Kier molecular flexibility index (Phi) is 3.75. The van der Waals surface area contributed by atoms with Gasteiger partial charge in [-0.05, 0) is 24.8 Å². The van der Waals surface area contributed by atoms with E-state index in [1.807, 2.05) is 18.2 Å². The Balaban J connectivity index is 1.72. The van der Waals surface area contributed by atoms with Crippen LogP contribution in [0.5, 0.6) is 0 Å². The van der Waals surface area contributed by atoms with Gasteiger partial charge in [0.1, 0.15) is 6.10 Å². The molecular weight excluding hydrogens is 200 g/mol. The van der Waals surface area contributed by atoms with E-state index in [9.17, 15) is 5.11 Å². The van der Waals surface area contributed by atoms with Crippen molar-refractivity contribution in [1.82, 2.24) is 0 Å². The van der Waals surface area contributed by atoms with Crippen molar-refractivity contribution in [2.45, 2.75) is 37.6 Å². The largest absolute Gasteiger partial charge is 0.390 e. The van der Waals surface area contributed by atoms with Gasteiger partial charge in [0.15, 0.2) is 0 Å². The number of aryl methyl sites for hydroxylation is 1. The van der Waals surface area contributed by atoms with Crippen molar-refractivity contribution in [2.75, 3.05) is 0 Å². The summed E-state index contributed by atoms with van der Waals surface area (Å²) >= 11 is 0. The van der Waals surface area contributed by atoms with Gasteiger partial charge in [-0.3, -0.25) is 0 Å². The van der Waals surface area contributed by atoms with Crippen LogP contribution < -0.4 is 0 Å². The van der Waals surface area contributed by atoms with Gasteiger partial charge in [-0.15, -0.1) is 6.58 Å². The summed E-state index contributed by atoms with van der Waals surface area (Å²) in [5, 5.41) is 9.66. The molecule has 0 amide bonds. The summed E-state index contributed by atoms with van der Waals surface area (Å²) < 4.78 is 5.46. The molecule has 0 aromatic heterocycles. The third-order valence-corrected chi connectivity index (χ3v) is 2.97. The summed E-state index contributed by atoms with van der Waals surface area (Å²) in [7, 11) is 0. The van der Waals surface area contributed by atoms with Gasteiger partial charge in [-0.1, -0.05) is 36.4 Å². The van der Waals surface area contributed by atoms with Gasteiger partial charge in [-0.25, -0.2) is 0 Å². The highest BCUT2D eigenvalue weighted by Gasteiger charge is 2.42. The molecule has 2 rings (SSSR count). The van der Waals surface area contributed by atoms with E-state index in [1.165, 1.54) is 5.56 Å². The monoisotopic (exact) mass is 218 g/mol. The van der Waals surface area contributed by atoms with Crippen molar-refractivity contribution in [1.29, 1.82) is 0 Å². The quantitative estimate of drug-likeness (QED) is 0.587. The molecule has 1 aromatic carbocycles. The summed E-state index contributed by atoms with van der Waals surface area (Å²) in [6.07, 6.45) is 4.24. The highest BCUT2D eigenvalue weighted by atomic mass is 16.6. The van der Waals surface area contributed by atoms with E-state index in [0.717, 1.165) is 12.8 Å². The Bertz CT molecular complexity index is 334. The maximum atomic E-state index is 9.66. The van der Waals surface area contributed by atoms with Gasteiger partial charge in [0.2, 0.25) is 0 Å². The maximum Gasteiger partial charge on any atom is 0.110 e. The van der Waals surface area contributed by atoms with Crippen LogP contribution in [-0.2, 0) is 11.2 Å². The Labute approximate surface area is 96.6 Å². The molecule has 1 aliphatic heterocycles. The number of epoxide rings is 1. The fourth-order valence-electron chi connectivity index (χ4n) is 1.99. The molecule has 0 radical (unpaired) electrons. The predicted molar refractivity (Wildman–Crippen MR) is 64.2 cm³/mol. The van der Waals surface area contributed by atoms with Crippen LogP contribution in [0.25, 0.3) is 0 Å².